The van der Waals surface area contributed by atoms with Crippen LogP contribution < -0.4 is 14.2 Å². The van der Waals surface area contributed by atoms with E-state index in [2.05, 4.69) is 15.5 Å². The highest BCUT2D eigenvalue weighted by Gasteiger charge is 2.44. The quantitative estimate of drug-likeness (QED) is 0.125. The Hall–Kier alpha value is -5.28. The molecule has 0 unspecified atom stereocenters. The Morgan fingerprint density at radius 1 is 0.755 bits per heavy atom. The molecule has 1 fully saturated rings. The molecule has 0 spiro atoms. The van der Waals surface area contributed by atoms with Crippen molar-refractivity contribution in [2.75, 3.05) is 21.3 Å². The Morgan fingerprint density at radius 3 is 1.72 bits per heavy atom. The summed E-state index contributed by atoms with van der Waals surface area (Å²) >= 11 is 0. The highest BCUT2D eigenvalue weighted by molar-refractivity contribution is 7.89. The van der Waals surface area contributed by atoms with Crippen LogP contribution in [0.4, 0.5) is 13.2 Å². The lowest BCUT2D eigenvalue weighted by Crippen LogP contribution is -2.33. The van der Waals surface area contributed by atoms with Gasteiger partial charge >= 0.3 is 6.18 Å². The first kappa shape index (κ1) is 37.5. The van der Waals surface area contributed by atoms with Crippen molar-refractivity contribution in [3.05, 3.63) is 113 Å². The molecule has 1 saturated carbocycles. The van der Waals surface area contributed by atoms with Gasteiger partial charge in [0.25, 0.3) is 0 Å². The number of carbonyl (C=O) groups excluding carboxylic acids is 1. The average molecular weight is 750 g/mol. The highest BCUT2D eigenvalue weighted by atomic mass is 32.2. The number of ketones is 1. The predicted octanol–water partition coefficient (Wildman–Crippen LogP) is 7.05. The van der Waals surface area contributed by atoms with Gasteiger partial charge in [-0.15, -0.1) is 5.10 Å². The molecule has 0 radical (unpaired) electrons. The van der Waals surface area contributed by atoms with Crippen molar-refractivity contribution >= 4 is 15.8 Å². The Kier molecular flexibility index (Phi) is 11.1. The molecule has 1 heterocycles. The zero-order chi connectivity index (χ0) is 37.8. The van der Waals surface area contributed by atoms with Crippen molar-refractivity contribution in [2.45, 2.75) is 62.3 Å². The fourth-order valence-electron chi connectivity index (χ4n) is 6.53. The van der Waals surface area contributed by atoms with Crippen molar-refractivity contribution in [1.82, 2.24) is 24.5 Å². The number of ether oxygens (including phenoxy) is 3. The van der Waals surface area contributed by atoms with Gasteiger partial charge in [-0.3, -0.25) is 4.79 Å². The summed E-state index contributed by atoms with van der Waals surface area (Å²) in [5.41, 5.74) is 0.460. The Balaban J connectivity index is 1.58. The van der Waals surface area contributed by atoms with Crippen LogP contribution in [0.2, 0.25) is 0 Å². The lowest BCUT2D eigenvalue weighted by atomic mass is 9.81. The maximum atomic E-state index is 15.2. The molecule has 4 aromatic carbocycles. The van der Waals surface area contributed by atoms with Crippen molar-refractivity contribution in [2.24, 2.45) is 0 Å². The van der Waals surface area contributed by atoms with E-state index in [1.54, 1.807) is 72.8 Å². The minimum Gasteiger partial charge on any atom is -0.497 e. The normalized spacial score (nSPS) is 14.1. The second-order valence-corrected chi connectivity index (χ2v) is 14.6. The van der Waals surface area contributed by atoms with Gasteiger partial charge in [-0.1, -0.05) is 42.5 Å². The summed E-state index contributed by atoms with van der Waals surface area (Å²) in [5.74, 6) is 1.12. The summed E-state index contributed by atoms with van der Waals surface area (Å²) < 4.78 is 94.2. The molecular weight excluding hydrogens is 712 g/mol. The summed E-state index contributed by atoms with van der Waals surface area (Å²) in [5, 5.41) is 12.1. The third-order valence-electron chi connectivity index (χ3n) is 9.36. The molecule has 6 rings (SSSR count). The summed E-state index contributed by atoms with van der Waals surface area (Å²) in [6, 6.07) is 22.3. The number of halogens is 3. The van der Waals surface area contributed by atoms with Gasteiger partial charge in [0.05, 0.1) is 33.4 Å². The van der Waals surface area contributed by atoms with E-state index in [1.165, 1.54) is 32.1 Å². The van der Waals surface area contributed by atoms with Crippen molar-refractivity contribution < 1.29 is 40.6 Å². The number of Topliss-reactive ketones (excluding diaryl/α,β-unsaturated/α-hetero) is 1. The first-order chi connectivity index (χ1) is 25.4. The summed E-state index contributed by atoms with van der Waals surface area (Å²) in [7, 11) is -0.500. The summed E-state index contributed by atoms with van der Waals surface area (Å²) in [6.07, 6.45) is -4.00. The summed E-state index contributed by atoms with van der Waals surface area (Å²) in [6.45, 7) is -0.520. The molecule has 0 amide bonds. The Bertz CT molecular complexity index is 2100. The van der Waals surface area contributed by atoms with Crippen LogP contribution in [0.15, 0.2) is 89.8 Å². The maximum absolute atomic E-state index is 15.2. The van der Waals surface area contributed by atoms with Crippen LogP contribution in [-0.4, -0.2) is 60.0 Å². The van der Waals surface area contributed by atoms with Crippen LogP contribution in [0, 0.1) is 0 Å². The number of aromatic nitrogens is 4. The van der Waals surface area contributed by atoms with E-state index in [0.29, 0.717) is 52.3 Å². The molecule has 0 atom stereocenters. The largest absolute Gasteiger partial charge is 0.497 e. The minimum absolute atomic E-state index is 0.0199. The molecule has 278 valence electrons. The Labute approximate surface area is 305 Å². The molecule has 0 bridgehead atoms. The van der Waals surface area contributed by atoms with Crippen molar-refractivity contribution in [3.63, 3.8) is 0 Å². The maximum Gasteiger partial charge on any atom is 0.417 e. The van der Waals surface area contributed by atoms with Crippen LogP contribution in [0.5, 0.6) is 17.2 Å². The van der Waals surface area contributed by atoms with Gasteiger partial charge in [0.2, 0.25) is 10.0 Å². The number of benzene rings is 4. The number of rotatable bonds is 13. The number of alkyl halides is 3. The van der Waals surface area contributed by atoms with Gasteiger partial charge in [0.15, 0.2) is 5.82 Å². The van der Waals surface area contributed by atoms with E-state index in [1.807, 2.05) is 0 Å². The first-order valence-electron chi connectivity index (χ1n) is 16.8. The SMILES string of the molecule is COc1ccc(CN(Cc2ccc(OC)cc2)S(=O)(=O)c2c(C(F)(F)F)ccc(C3CCC(=O)CC3)c2-c2nnnn2Cc2ccc(OC)cc2)cc1. The van der Waals surface area contributed by atoms with E-state index in [-0.39, 0.29) is 49.6 Å². The monoisotopic (exact) mass is 749 g/mol. The smallest absolute Gasteiger partial charge is 0.417 e. The van der Waals surface area contributed by atoms with E-state index in [4.69, 9.17) is 14.2 Å². The molecule has 0 saturated heterocycles. The van der Waals surface area contributed by atoms with Gasteiger partial charge in [-0.25, -0.2) is 13.1 Å². The molecule has 0 N–H and O–H groups in total. The fraction of sp³-hybridized carbons (Fsp3) is 0.316. The van der Waals surface area contributed by atoms with Crippen molar-refractivity contribution in [3.8, 4) is 28.6 Å². The number of tetrazole rings is 1. The molecule has 53 heavy (non-hydrogen) atoms. The third kappa shape index (κ3) is 8.36. The van der Waals surface area contributed by atoms with Crippen LogP contribution in [0.1, 0.15) is 59.4 Å². The molecule has 0 aliphatic heterocycles. The van der Waals surface area contributed by atoms with Crippen molar-refractivity contribution in [1.29, 1.82) is 0 Å². The van der Waals surface area contributed by atoms with Crippen LogP contribution >= 0.6 is 0 Å². The molecule has 1 aliphatic carbocycles. The van der Waals surface area contributed by atoms with Crippen LogP contribution in [0.3, 0.4) is 0 Å². The zero-order valence-corrected chi connectivity index (χ0v) is 30.2. The number of carbonyl (C=O) groups is 1. The second-order valence-electron chi connectivity index (χ2n) is 12.7. The average Bonchev–Trinajstić information content (AvgIpc) is 3.62. The highest BCUT2D eigenvalue weighted by Crippen LogP contribution is 2.46. The topological polar surface area (TPSA) is 126 Å². The van der Waals surface area contributed by atoms with E-state index in [0.717, 1.165) is 10.4 Å². The summed E-state index contributed by atoms with van der Waals surface area (Å²) in [4.78, 5) is 11.3. The lowest BCUT2D eigenvalue weighted by molar-refractivity contribution is -0.139. The number of hydrogen-bond donors (Lipinski definition) is 0. The minimum atomic E-state index is -5.08. The number of hydrogen-bond acceptors (Lipinski definition) is 9. The first-order valence-corrected chi connectivity index (χ1v) is 18.3. The molecule has 1 aromatic heterocycles. The molecular formula is C38H38F3N5O6S. The van der Waals surface area contributed by atoms with Gasteiger partial charge in [-0.2, -0.15) is 17.5 Å². The third-order valence-corrected chi connectivity index (χ3v) is 11.2. The van der Waals surface area contributed by atoms with Gasteiger partial charge in [0.1, 0.15) is 27.9 Å². The van der Waals surface area contributed by atoms with Crippen LogP contribution in [-0.2, 0) is 40.6 Å². The van der Waals surface area contributed by atoms with Gasteiger partial charge < -0.3 is 14.2 Å². The lowest BCUT2D eigenvalue weighted by Gasteiger charge is -2.29. The van der Waals surface area contributed by atoms with E-state index >= 15 is 21.6 Å². The number of nitrogens with zero attached hydrogens (tertiary/aromatic N) is 5. The Morgan fingerprint density at radius 2 is 1.25 bits per heavy atom. The standard InChI is InChI=1S/C38H38F3N5O6S/c1-50-30-14-4-25(5-15-30)22-45(23-26-6-16-31(51-2)17-7-26)53(48,49)36-34(38(39,40)41)21-20-33(28-10-12-29(47)13-11-28)35(36)37-42-43-44-46(37)24-27-8-18-32(52-3)19-9-27/h4-9,14-21,28H,10-13,22-24H2,1-3H3. The van der Waals surface area contributed by atoms with Gasteiger partial charge in [-0.05, 0) is 93.9 Å². The second kappa shape index (κ2) is 15.8. The van der Waals surface area contributed by atoms with Gasteiger partial charge in [0, 0.05) is 31.5 Å². The number of sulfonamides is 1. The van der Waals surface area contributed by atoms with Crippen LogP contribution in [0.25, 0.3) is 11.4 Å². The molecule has 11 nitrogen and oxygen atoms in total. The molecule has 15 heteroatoms. The fourth-order valence-corrected chi connectivity index (χ4v) is 8.35. The zero-order valence-electron chi connectivity index (χ0n) is 29.3. The molecule has 5 aromatic rings. The number of methoxy groups -OCH3 is 3. The predicted molar refractivity (Wildman–Crippen MR) is 189 cm³/mol. The molecule has 1 aliphatic rings. The van der Waals surface area contributed by atoms with E-state index < -0.39 is 32.6 Å². The van der Waals surface area contributed by atoms with E-state index in [9.17, 15) is 4.79 Å².